The summed E-state index contributed by atoms with van der Waals surface area (Å²) in [7, 11) is 5.67. The number of piperidine rings is 1. The molecule has 5 rings (SSSR count). The van der Waals surface area contributed by atoms with E-state index in [-0.39, 0.29) is 11.5 Å². The van der Waals surface area contributed by atoms with Crippen molar-refractivity contribution in [2.45, 2.75) is 36.9 Å². The van der Waals surface area contributed by atoms with E-state index in [2.05, 4.69) is 37.1 Å². The van der Waals surface area contributed by atoms with Crippen molar-refractivity contribution in [3.8, 4) is 11.5 Å². The molecule has 23 heavy (non-hydrogen) atoms. The lowest BCUT2D eigenvalue weighted by atomic mass is 9.65. The third kappa shape index (κ3) is 1.30. The van der Waals surface area contributed by atoms with E-state index in [1.165, 1.54) is 16.7 Å². The molecule has 1 aromatic carbocycles. The van der Waals surface area contributed by atoms with E-state index < -0.39 is 0 Å². The molecule has 2 bridgehead atoms. The lowest BCUT2D eigenvalue weighted by Gasteiger charge is -2.47. The maximum atomic E-state index is 6.43. The summed E-state index contributed by atoms with van der Waals surface area (Å²) in [4.78, 5) is 2.49. The van der Waals surface area contributed by atoms with Crippen molar-refractivity contribution in [2.24, 2.45) is 0 Å². The minimum Gasteiger partial charge on any atom is -0.497 e. The third-order valence-electron chi connectivity index (χ3n) is 6.37. The molecule has 1 fully saturated rings. The van der Waals surface area contributed by atoms with Crippen LogP contribution in [-0.2, 0) is 10.2 Å². The molecule has 4 heteroatoms. The summed E-state index contributed by atoms with van der Waals surface area (Å²) in [6, 6.07) is 5.09. The van der Waals surface area contributed by atoms with Crippen LogP contribution in [0.25, 0.3) is 0 Å². The molecule has 1 spiro atoms. The van der Waals surface area contributed by atoms with Gasteiger partial charge in [-0.05, 0) is 43.7 Å². The Hall–Kier alpha value is -1.94. The van der Waals surface area contributed by atoms with Gasteiger partial charge in [0.15, 0.2) is 17.6 Å². The Bertz CT molecular complexity index is 781. The number of likely N-dealkylation sites (N-methyl/N-ethyl adjacent to an activating group) is 1. The molecule has 0 amide bonds. The summed E-state index contributed by atoms with van der Waals surface area (Å²) in [6.07, 6.45) is 5.31. The number of hydrogen-bond acceptors (Lipinski definition) is 4. The molecular formula is C19H21NO3. The Balaban J connectivity index is 1.86. The van der Waals surface area contributed by atoms with Gasteiger partial charge in [-0.25, -0.2) is 0 Å². The fourth-order valence-corrected chi connectivity index (χ4v) is 5.23. The molecule has 0 aromatic heterocycles. The molecule has 120 valence electrons. The Morgan fingerprint density at radius 2 is 2.04 bits per heavy atom. The number of benzene rings is 1. The van der Waals surface area contributed by atoms with Crippen LogP contribution in [0.15, 0.2) is 35.6 Å². The highest BCUT2D eigenvalue weighted by molar-refractivity contribution is 5.69. The molecule has 4 atom stereocenters. The average Bonchev–Trinajstić information content (AvgIpc) is 3.06. The Morgan fingerprint density at radius 1 is 1.22 bits per heavy atom. The number of methoxy groups -OCH3 is 2. The maximum Gasteiger partial charge on any atom is 0.169 e. The van der Waals surface area contributed by atoms with Crippen LogP contribution in [0.4, 0.5) is 0 Å². The average molecular weight is 311 g/mol. The zero-order valence-electron chi connectivity index (χ0n) is 13.9. The van der Waals surface area contributed by atoms with Gasteiger partial charge in [0.05, 0.1) is 19.6 Å². The van der Waals surface area contributed by atoms with Gasteiger partial charge in [-0.3, -0.25) is 4.90 Å². The van der Waals surface area contributed by atoms with Crippen LogP contribution in [0, 0.1) is 0 Å². The van der Waals surface area contributed by atoms with Crippen molar-refractivity contribution in [3.63, 3.8) is 0 Å². The first-order valence-corrected chi connectivity index (χ1v) is 8.19. The van der Waals surface area contributed by atoms with Gasteiger partial charge >= 0.3 is 0 Å². The summed E-state index contributed by atoms with van der Waals surface area (Å²) in [6.45, 7) is 2.30. The molecule has 4 aliphatic rings. The molecule has 0 radical (unpaired) electrons. The minimum absolute atomic E-state index is 0.0706. The van der Waals surface area contributed by atoms with Gasteiger partial charge in [-0.1, -0.05) is 12.1 Å². The lowest BCUT2D eigenvalue weighted by molar-refractivity contribution is 0.0638. The van der Waals surface area contributed by atoms with Gasteiger partial charge in [0.25, 0.3) is 0 Å². The first-order chi connectivity index (χ1) is 11.1. The second-order valence-electron chi connectivity index (χ2n) is 6.99. The Morgan fingerprint density at radius 3 is 2.78 bits per heavy atom. The molecule has 2 heterocycles. The molecule has 1 unspecified atom stereocenters. The number of hydrogen-bond donors (Lipinski definition) is 0. The smallest absolute Gasteiger partial charge is 0.169 e. The van der Waals surface area contributed by atoms with Crippen molar-refractivity contribution in [3.05, 3.63) is 46.7 Å². The first kappa shape index (κ1) is 13.5. The summed E-state index contributed by atoms with van der Waals surface area (Å²) in [5.74, 6) is 2.65. The van der Waals surface area contributed by atoms with Crippen LogP contribution in [0.3, 0.4) is 0 Å². The Kier molecular flexibility index (Phi) is 2.42. The van der Waals surface area contributed by atoms with Gasteiger partial charge in [0, 0.05) is 17.6 Å². The van der Waals surface area contributed by atoms with Gasteiger partial charge in [0.2, 0.25) is 0 Å². The lowest BCUT2D eigenvalue weighted by Crippen LogP contribution is -2.52. The van der Waals surface area contributed by atoms with E-state index in [1.807, 2.05) is 6.07 Å². The van der Waals surface area contributed by atoms with E-state index in [0.717, 1.165) is 23.7 Å². The molecule has 1 aromatic rings. The second kappa shape index (κ2) is 4.12. The monoisotopic (exact) mass is 311 g/mol. The van der Waals surface area contributed by atoms with Crippen molar-refractivity contribution in [1.29, 1.82) is 0 Å². The van der Waals surface area contributed by atoms with E-state index in [0.29, 0.717) is 12.1 Å². The quantitative estimate of drug-likeness (QED) is 0.840. The summed E-state index contributed by atoms with van der Waals surface area (Å²) < 4.78 is 17.7. The summed E-state index contributed by atoms with van der Waals surface area (Å²) >= 11 is 0. The summed E-state index contributed by atoms with van der Waals surface area (Å²) in [5, 5.41) is 0. The van der Waals surface area contributed by atoms with Crippen molar-refractivity contribution in [2.75, 3.05) is 21.3 Å². The van der Waals surface area contributed by atoms with Crippen LogP contribution in [0.1, 0.15) is 30.5 Å². The van der Waals surface area contributed by atoms with Gasteiger partial charge < -0.3 is 14.2 Å². The zero-order chi connectivity index (χ0) is 15.9. The normalized spacial score (nSPS) is 36.1. The number of allylic oxidation sites excluding steroid dienone is 2. The van der Waals surface area contributed by atoms with E-state index in [4.69, 9.17) is 14.2 Å². The zero-order valence-corrected chi connectivity index (χ0v) is 13.9. The fraction of sp³-hybridized carbons (Fsp3) is 0.474. The first-order valence-electron chi connectivity index (χ1n) is 8.19. The number of nitrogens with zero attached hydrogens (tertiary/aromatic N) is 1. The third-order valence-corrected chi connectivity index (χ3v) is 6.37. The molecular weight excluding hydrogens is 290 g/mol. The highest BCUT2D eigenvalue weighted by Crippen LogP contribution is 2.67. The van der Waals surface area contributed by atoms with Crippen LogP contribution in [0.2, 0.25) is 0 Å². The van der Waals surface area contributed by atoms with Crippen molar-refractivity contribution >= 4 is 0 Å². The van der Waals surface area contributed by atoms with Crippen LogP contribution in [0.5, 0.6) is 11.5 Å². The van der Waals surface area contributed by atoms with Gasteiger partial charge in [-0.2, -0.15) is 0 Å². The van der Waals surface area contributed by atoms with Crippen LogP contribution >= 0.6 is 0 Å². The fourth-order valence-electron chi connectivity index (χ4n) is 5.23. The molecule has 0 N–H and O–H groups in total. The predicted octanol–water partition coefficient (Wildman–Crippen LogP) is 2.94. The van der Waals surface area contributed by atoms with Gasteiger partial charge in [-0.15, -0.1) is 0 Å². The van der Waals surface area contributed by atoms with Crippen molar-refractivity contribution in [1.82, 2.24) is 4.90 Å². The van der Waals surface area contributed by atoms with Gasteiger partial charge in [0.1, 0.15) is 5.76 Å². The molecule has 2 aliphatic carbocycles. The minimum atomic E-state index is -0.0874. The number of fused-ring (bicyclic) bond motifs is 2. The summed E-state index contributed by atoms with van der Waals surface area (Å²) in [5.41, 5.74) is 4.07. The highest BCUT2D eigenvalue weighted by Gasteiger charge is 2.65. The predicted molar refractivity (Wildman–Crippen MR) is 86.8 cm³/mol. The van der Waals surface area contributed by atoms with E-state index in [1.54, 1.807) is 14.2 Å². The topological polar surface area (TPSA) is 30.9 Å². The largest absolute Gasteiger partial charge is 0.497 e. The SMILES string of the molecule is COC1=CC=C2[C@@H](C)N(C)[C@@H]3C[C@@]24c2c3ccc(OC)c2OC14. The Labute approximate surface area is 136 Å². The highest BCUT2D eigenvalue weighted by atomic mass is 16.6. The van der Waals surface area contributed by atoms with E-state index in [9.17, 15) is 0 Å². The standard InChI is InChI=1S/C19H21NO3/c1-10-12-6-8-15(22-4)18-19(12)9-13(20(10)2)11-5-7-14(21-3)17(23-18)16(11)19/h5-8,10,13,18H,9H2,1-4H3/t10-,13-,18?,19+/m1/s1. The van der Waals surface area contributed by atoms with Crippen LogP contribution < -0.4 is 9.47 Å². The molecule has 4 nitrogen and oxygen atoms in total. The number of likely N-dealkylation sites (tertiary alicyclic amines) is 1. The maximum absolute atomic E-state index is 6.43. The number of rotatable bonds is 2. The molecule has 1 saturated heterocycles. The van der Waals surface area contributed by atoms with Crippen LogP contribution in [-0.4, -0.2) is 38.3 Å². The second-order valence-corrected chi connectivity index (χ2v) is 6.99. The number of ether oxygens (including phenoxy) is 3. The van der Waals surface area contributed by atoms with Crippen molar-refractivity contribution < 1.29 is 14.2 Å². The molecule has 2 aliphatic heterocycles. The van der Waals surface area contributed by atoms with E-state index >= 15 is 0 Å². The molecule has 0 saturated carbocycles.